The summed E-state index contributed by atoms with van der Waals surface area (Å²) in [4.78, 5) is 29.3. The zero-order valence-corrected chi connectivity index (χ0v) is 14.7. The van der Waals surface area contributed by atoms with E-state index < -0.39 is 21.9 Å². The highest BCUT2D eigenvalue weighted by Crippen LogP contribution is 2.16. The van der Waals surface area contributed by atoms with E-state index in [2.05, 4.69) is 9.72 Å². The van der Waals surface area contributed by atoms with E-state index in [9.17, 15) is 23.1 Å². The molecule has 1 amide bonds. The number of nitrogens with zero attached hydrogens (tertiary/aromatic N) is 2. The zero-order valence-electron chi connectivity index (χ0n) is 13.9. The van der Waals surface area contributed by atoms with Crippen LogP contribution >= 0.6 is 0 Å². The van der Waals surface area contributed by atoms with Crippen molar-refractivity contribution in [3.63, 3.8) is 0 Å². The lowest BCUT2D eigenvalue weighted by atomic mass is 10.2. The summed E-state index contributed by atoms with van der Waals surface area (Å²) < 4.78 is 30.8. The molecule has 0 atom stereocenters. The third kappa shape index (κ3) is 3.73. The number of imidazole rings is 1. The van der Waals surface area contributed by atoms with E-state index in [-0.39, 0.29) is 27.4 Å². The zero-order chi connectivity index (χ0) is 19.6. The predicted molar refractivity (Wildman–Crippen MR) is 92.4 cm³/mol. The molecule has 1 aromatic carbocycles. The molecule has 0 bridgehead atoms. The molecule has 140 valence electrons. The number of carbonyl (C=O) groups excluding carboxylic acids is 2. The number of hydrazine groups is 1. The fraction of sp³-hybridized carbons (Fsp3) is 0.0625. The van der Waals surface area contributed by atoms with Crippen LogP contribution in [0.4, 0.5) is 0 Å². The van der Waals surface area contributed by atoms with E-state index in [0.29, 0.717) is 0 Å². The van der Waals surface area contributed by atoms with Crippen molar-refractivity contribution in [2.75, 3.05) is 7.11 Å². The maximum atomic E-state index is 12.4. The lowest BCUT2D eigenvalue weighted by Gasteiger charge is -2.07. The molecule has 3 aromatic rings. The van der Waals surface area contributed by atoms with Crippen molar-refractivity contribution in [3.05, 3.63) is 60.0 Å². The van der Waals surface area contributed by atoms with Crippen LogP contribution in [0.5, 0.6) is 5.75 Å². The van der Waals surface area contributed by atoms with Crippen LogP contribution in [0.15, 0.2) is 53.9 Å². The number of hydrogen-bond acceptors (Lipinski definition) is 7. The molecular weight excluding hydrogens is 376 g/mol. The third-order valence-corrected chi connectivity index (χ3v) is 4.77. The van der Waals surface area contributed by atoms with Crippen LogP contribution < -0.4 is 10.3 Å². The van der Waals surface area contributed by atoms with Gasteiger partial charge in [-0.15, -0.1) is 4.83 Å². The van der Waals surface area contributed by atoms with Crippen LogP contribution in [0.25, 0.3) is 5.52 Å². The van der Waals surface area contributed by atoms with Crippen LogP contribution in [0.2, 0.25) is 0 Å². The Balaban J connectivity index is 1.82. The van der Waals surface area contributed by atoms with Crippen molar-refractivity contribution < 1.29 is 27.9 Å². The number of fused-ring (bicyclic) bond motifs is 1. The molecule has 0 saturated heterocycles. The van der Waals surface area contributed by atoms with Gasteiger partial charge in [-0.3, -0.25) is 10.2 Å². The molecule has 0 aliphatic carbocycles. The van der Waals surface area contributed by atoms with E-state index in [0.717, 1.165) is 0 Å². The van der Waals surface area contributed by atoms with Crippen LogP contribution in [0.3, 0.4) is 0 Å². The highest BCUT2D eigenvalue weighted by molar-refractivity contribution is 7.89. The average Bonchev–Trinajstić information content (AvgIpc) is 3.09. The minimum Gasteiger partial charge on any atom is -0.508 e. The second-order valence-electron chi connectivity index (χ2n) is 5.36. The second-order valence-corrected chi connectivity index (χ2v) is 6.96. The number of hydrogen-bond donors (Lipinski definition) is 3. The van der Waals surface area contributed by atoms with Gasteiger partial charge in [0.15, 0.2) is 5.03 Å². The molecule has 10 nitrogen and oxygen atoms in total. The molecule has 27 heavy (non-hydrogen) atoms. The first-order valence-electron chi connectivity index (χ1n) is 7.48. The van der Waals surface area contributed by atoms with Crippen LogP contribution in [0, 0.1) is 0 Å². The number of phenolic OH excluding ortho intramolecular Hbond substituents is 1. The van der Waals surface area contributed by atoms with Gasteiger partial charge in [0.1, 0.15) is 12.1 Å². The molecule has 0 saturated carbocycles. The van der Waals surface area contributed by atoms with Crippen LogP contribution in [-0.4, -0.2) is 41.9 Å². The summed E-state index contributed by atoms with van der Waals surface area (Å²) in [6, 6.07) is 8.20. The molecular formula is C16H14N4O6S. The highest BCUT2D eigenvalue weighted by Gasteiger charge is 2.22. The first kappa shape index (κ1) is 18.4. The van der Waals surface area contributed by atoms with Gasteiger partial charge in [0.05, 0.1) is 18.2 Å². The highest BCUT2D eigenvalue weighted by atomic mass is 32.2. The van der Waals surface area contributed by atoms with E-state index >= 15 is 0 Å². The quantitative estimate of drug-likeness (QED) is 0.424. The number of amides is 1. The summed E-state index contributed by atoms with van der Waals surface area (Å²) in [7, 11) is -2.96. The minimum absolute atomic E-state index is 0.0649. The van der Waals surface area contributed by atoms with Crippen molar-refractivity contribution in [1.29, 1.82) is 0 Å². The number of nitrogens with one attached hydrogen (secondary N) is 2. The molecule has 0 unspecified atom stereocenters. The normalized spacial score (nSPS) is 11.3. The largest absolute Gasteiger partial charge is 0.508 e. The van der Waals surface area contributed by atoms with Gasteiger partial charge in [-0.25, -0.2) is 18.2 Å². The number of sulfonamides is 1. The second kappa shape index (κ2) is 7.05. The van der Waals surface area contributed by atoms with Gasteiger partial charge < -0.3 is 14.2 Å². The van der Waals surface area contributed by atoms with Crippen molar-refractivity contribution >= 4 is 27.4 Å². The molecule has 0 aliphatic rings. The summed E-state index contributed by atoms with van der Waals surface area (Å²) in [6.07, 6.45) is 2.59. The SMILES string of the molecule is COC(=O)c1ccc2c(S(=O)(=O)NNC(=O)c3cccc(O)c3)ncn2c1. The summed E-state index contributed by atoms with van der Waals surface area (Å²) in [5.74, 6) is -1.47. The molecule has 0 fully saturated rings. The van der Waals surface area contributed by atoms with Gasteiger partial charge in [-0.05, 0) is 30.3 Å². The minimum atomic E-state index is -4.19. The molecule has 0 aliphatic heterocycles. The van der Waals surface area contributed by atoms with Crippen LogP contribution in [0.1, 0.15) is 20.7 Å². The molecule has 3 N–H and O–H groups in total. The molecule has 0 spiro atoms. The Morgan fingerprint density at radius 1 is 1.19 bits per heavy atom. The van der Waals surface area contributed by atoms with E-state index in [1.165, 1.54) is 60.4 Å². The number of phenols is 1. The van der Waals surface area contributed by atoms with Gasteiger partial charge in [0, 0.05) is 11.8 Å². The number of ether oxygens (including phenoxy) is 1. The Labute approximate surface area is 153 Å². The lowest BCUT2D eigenvalue weighted by molar-refractivity contribution is 0.0600. The standard InChI is InChI=1S/C16H14N4O6S/c1-26-16(23)11-5-6-13-15(17-9-20(13)8-11)27(24,25)19-18-14(22)10-3-2-4-12(21)7-10/h2-9,19,21H,1H3,(H,18,22). The van der Waals surface area contributed by atoms with Gasteiger partial charge in [0.2, 0.25) is 0 Å². The van der Waals surface area contributed by atoms with E-state index in [1.807, 2.05) is 10.3 Å². The summed E-state index contributed by atoms with van der Waals surface area (Å²) >= 11 is 0. The number of rotatable bonds is 5. The third-order valence-electron chi connectivity index (χ3n) is 3.58. The number of aromatic nitrogens is 2. The Morgan fingerprint density at radius 2 is 1.96 bits per heavy atom. The van der Waals surface area contributed by atoms with Crippen molar-refractivity contribution in [1.82, 2.24) is 19.6 Å². The smallest absolute Gasteiger partial charge is 0.339 e. The summed E-state index contributed by atoms with van der Waals surface area (Å²) in [5, 5.41) is 9.04. The Bertz CT molecular complexity index is 1140. The lowest BCUT2D eigenvalue weighted by Crippen LogP contribution is -2.41. The number of aromatic hydroxyl groups is 1. The van der Waals surface area contributed by atoms with Gasteiger partial charge in [-0.2, -0.15) is 0 Å². The predicted octanol–water partition coefficient (Wildman–Crippen LogP) is 0.450. The van der Waals surface area contributed by atoms with Gasteiger partial charge in [-0.1, -0.05) is 6.07 Å². The maximum Gasteiger partial charge on any atom is 0.339 e. The fourth-order valence-electron chi connectivity index (χ4n) is 2.30. The molecule has 2 aromatic heterocycles. The van der Waals surface area contributed by atoms with Gasteiger partial charge in [0.25, 0.3) is 15.9 Å². The Hall–Kier alpha value is -3.44. The first-order valence-corrected chi connectivity index (χ1v) is 8.96. The van der Waals surface area contributed by atoms with Crippen molar-refractivity contribution in [2.24, 2.45) is 0 Å². The molecule has 11 heteroatoms. The van der Waals surface area contributed by atoms with Crippen LogP contribution in [-0.2, 0) is 14.8 Å². The van der Waals surface area contributed by atoms with Crippen molar-refractivity contribution in [2.45, 2.75) is 5.03 Å². The van der Waals surface area contributed by atoms with Crippen molar-refractivity contribution in [3.8, 4) is 5.75 Å². The monoisotopic (exact) mass is 390 g/mol. The fourth-order valence-corrected chi connectivity index (χ4v) is 3.26. The summed E-state index contributed by atoms with van der Waals surface area (Å²) in [5.41, 5.74) is 2.53. The number of carbonyl (C=O) groups is 2. The van der Waals surface area contributed by atoms with E-state index in [1.54, 1.807) is 0 Å². The topological polar surface area (TPSA) is 139 Å². The molecule has 3 rings (SSSR count). The molecule has 0 radical (unpaired) electrons. The van der Waals surface area contributed by atoms with Gasteiger partial charge >= 0.3 is 5.97 Å². The number of benzene rings is 1. The average molecular weight is 390 g/mol. The summed E-state index contributed by atoms with van der Waals surface area (Å²) in [6.45, 7) is 0. The van der Waals surface area contributed by atoms with E-state index in [4.69, 9.17) is 0 Å². The molecule has 2 heterocycles. The Morgan fingerprint density at radius 3 is 2.67 bits per heavy atom. The first-order chi connectivity index (χ1) is 12.8. The number of pyridine rings is 1. The Kier molecular flexibility index (Phi) is 4.79. The maximum absolute atomic E-state index is 12.4. The number of esters is 1. The number of methoxy groups -OCH3 is 1.